The zero-order valence-corrected chi connectivity index (χ0v) is 16.5. The third-order valence-corrected chi connectivity index (χ3v) is 5.61. The molecule has 0 bridgehead atoms. The molecular weight excluding hydrogens is 366 g/mol. The molecule has 0 fully saturated rings. The van der Waals surface area contributed by atoms with Gasteiger partial charge < -0.3 is 8.98 Å². The highest BCUT2D eigenvalue weighted by Crippen LogP contribution is 2.28. The Morgan fingerprint density at radius 2 is 2.04 bits per heavy atom. The second-order valence-electron chi connectivity index (χ2n) is 6.57. The van der Waals surface area contributed by atoms with E-state index in [-0.39, 0.29) is 0 Å². The molecule has 4 aromatic rings. The summed E-state index contributed by atoms with van der Waals surface area (Å²) in [6.45, 7) is 4.81. The molecule has 0 saturated carbocycles. The van der Waals surface area contributed by atoms with Crippen LogP contribution in [0.1, 0.15) is 27.7 Å². The lowest BCUT2D eigenvalue weighted by molar-refractivity contribution is 0.489. The fraction of sp³-hybridized carbons (Fsp3) is 0.130. The van der Waals surface area contributed by atoms with E-state index in [0.29, 0.717) is 12.1 Å². The van der Waals surface area contributed by atoms with Crippen molar-refractivity contribution in [3.8, 4) is 17.3 Å². The predicted octanol–water partition coefficient (Wildman–Crippen LogP) is 5.93. The van der Waals surface area contributed by atoms with Gasteiger partial charge in [0.1, 0.15) is 16.8 Å². The minimum Gasteiger partial charge on any atom is -0.467 e. The molecule has 0 aliphatic heterocycles. The van der Waals surface area contributed by atoms with Crippen LogP contribution in [0.4, 0.5) is 0 Å². The maximum Gasteiger partial charge on any atom is 0.134 e. The molecule has 28 heavy (non-hydrogen) atoms. The summed E-state index contributed by atoms with van der Waals surface area (Å²) in [4.78, 5) is 4.67. The Balaban J connectivity index is 1.66. The fourth-order valence-corrected chi connectivity index (χ4v) is 4.01. The number of hydrogen-bond donors (Lipinski definition) is 0. The number of nitrogens with zero attached hydrogens (tertiary/aromatic N) is 3. The van der Waals surface area contributed by atoms with Gasteiger partial charge in [-0.2, -0.15) is 5.26 Å². The van der Waals surface area contributed by atoms with Crippen molar-refractivity contribution in [3.05, 3.63) is 87.9 Å². The molecule has 3 heterocycles. The third-order valence-electron chi connectivity index (χ3n) is 4.73. The zero-order chi connectivity index (χ0) is 19.5. The van der Waals surface area contributed by atoms with Gasteiger partial charge in [0, 0.05) is 22.3 Å². The first-order valence-corrected chi connectivity index (χ1v) is 9.86. The van der Waals surface area contributed by atoms with E-state index < -0.39 is 0 Å². The number of furan rings is 1. The molecule has 0 saturated heterocycles. The van der Waals surface area contributed by atoms with E-state index in [9.17, 15) is 5.26 Å². The third kappa shape index (κ3) is 3.55. The highest BCUT2D eigenvalue weighted by Gasteiger charge is 2.13. The van der Waals surface area contributed by atoms with E-state index in [0.717, 1.165) is 39.0 Å². The average molecular weight is 385 g/mol. The molecule has 1 aromatic carbocycles. The molecule has 3 aromatic heterocycles. The summed E-state index contributed by atoms with van der Waals surface area (Å²) in [7, 11) is 0. The van der Waals surface area contributed by atoms with Crippen molar-refractivity contribution in [1.29, 1.82) is 5.26 Å². The number of allylic oxidation sites excluding steroid dienone is 1. The SMILES string of the molecule is Cc1cc(/C=C(\C#N)c2nc(-c3ccccc3)cs2)c(C)n1Cc1ccco1. The minimum atomic E-state index is 0.574. The summed E-state index contributed by atoms with van der Waals surface area (Å²) >= 11 is 1.49. The molecule has 0 atom stereocenters. The number of hydrogen-bond acceptors (Lipinski definition) is 4. The number of aromatic nitrogens is 2. The highest BCUT2D eigenvalue weighted by molar-refractivity contribution is 7.11. The monoisotopic (exact) mass is 385 g/mol. The molecule has 4 rings (SSSR count). The summed E-state index contributed by atoms with van der Waals surface area (Å²) in [5.74, 6) is 0.908. The van der Waals surface area contributed by atoms with Crippen molar-refractivity contribution in [2.24, 2.45) is 0 Å². The molecule has 0 unspecified atom stereocenters. The van der Waals surface area contributed by atoms with Crippen LogP contribution >= 0.6 is 11.3 Å². The van der Waals surface area contributed by atoms with Crippen LogP contribution in [0, 0.1) is 25.2 Å². The molecule has 0 radical (unpaired) electrons. The Labute approximate surface area is 168 Å². The van der Waals surface area contributed by atoms with Gasteiger partial charge in [-0.1, -0.05) is 30.3 Å². The minimum absolute atomic E-state index is 0.574. The van der Waals surface area contributed by atoms with E-state index >= 15 is 0 Å². The van der Waals surface area contributed by atoms with Crippen molar-refractivity contribution < 1.29 is 4.42 Å². The van der Waals surface area contributed by atoms with E-state index in [4.69, 9.17) is 4.42 Å². The van der Waals surface area contributed by atoms with Crippen molar-refractivity contribution in [2.45, 2.75) is 20.4 Å². The lowest BCUT2D eigenvalue weighted by Gasteiger charge is -2.07. The first kappa shape index (κ1) is 18.0. The van der Waals surface area contributed by atoms with Crippen LogP contribution in [0.5, 0.6) is 0 Å². The number of rotatable bonds is 5. The lowest BCUT2D eigenvalue weighted by atomic mass is 10.1. The smallest absolute Gasteiger partial charge is 0.134 e. The maximum atomic E-state index is 9.72. The Kier molecular flexibility index (Phi) is 4.96. The molecule has 0 aliphatic carbocycles. The van der Waals surface area contributed by atoms with E-state index in [1.165, 1.54) is 11.3 Å². The van der Waals surface area contributed by atoms with Crippen LogP contribution < -0.4 is 0 Å². The van der Waals surface area contributed by atoms with Crippen LogP contribution in [0.3, 0.4) is 0 Å². The van der Waals surface area contributed by atoms with Gasteiger partial charge in [-0.25, -0.2) is 4.98 Å². The van der Waals surface area contributed by atoms with Gasteiger partial charge in [-0.05, 0) is 43.7 Å². The summed E-state index contributed by atoms with van der Waals surface area (Å²) in [5.41, 5.74) is 5.77. The lowest BCUT2D eigenvalue weighted by Crippen LogP contribution is -2.02. The van der Waals surface area contributed by atoms with Gasteiger partial charge in [0.2, 0.25) is 0 Å². The number of benzene rings is 1. The zero-order valence-electron chi connectivity index (χ0n) is 15.7. The topological polar surface area (TPSA) is 54.8 Å². The van der Waals surface area contributed by atoms with E-state index in [1.807, 2.05) is 53.9 Å². The number of thiazole rings is 1. The Hall–Kier alpha value is -3.36. The number of aryl methyl sites for hydroxylation is 1. The second kappa shape index (κ2) is 7.71. The largest absolute Gasteiger partial charge is 0.467 e. The van der Waals surface area contributed by atoms with Gasteiger partial charge in [-0.15, -0.1) is 11.3 Å². The van der Waals surface area contributed by atoms with Crippen LogP contribution in [-0.4, -0.2) is 9.55 Å². The predicted molar refractivity (Wildman–Crippen MR) is 113 cm³/mol. The number of nitriles is 1. The first-order chi connectivity index (χ1) is 13.7. The summed E-state index contributed by atoms with van der Waals surface area (Å²) in [6, 6.07) is 18.3. The summed E-state index contributed by atoms with van der Waals surface area (Å²) in [5, 5.41) is 12.5. The molecule has 0 aliphatic rings. The van der Waals surface area contributed by atoms with Crippen LogP contribution in [0.15, 0.2) is 64.6 Å². The maximum absolute atomic E-state index is 9.72. The summed E-state index contributed by atoms with van der Waals surface area (Å²) < 4.78 is 7.67. The van der Waals surface area contributed by atoms with E-state index in [1.54, 1.807) is 6.26 Å². The molecule has 0 N–H and O–H groups in total. The van der Waals surface area contributed by atoms with Gasteiger partial charge in [0.15, 0.2) is 0 Å². The Morgan fingerprint density at radius 3 is 2.75 bits per heavy atom. The van der Waals surface area contributed by atoms with Crippen molar-refractivity contribution in [3.63, 3.8) is 0 Å². The average Bonchev–Trinajstić information content (AvgIpc) is 3.45. The molecule has 4 nitrogen and oxygen atoms in total. The molecular formula is C23H19N3OS. The molecule has 138 valence electrons. The van der Waals surface area contributed by atoms with Gasteiger partial charge >= 0.3 is 0 Å². The first-order valence-electron chi connectivity index (χ1n) is 8.98. The van der Waals surface area contributed by atoms with Crippen LogP contribution in [0.2, 0.25) is 0 Å². The quantitative estimate of drug-likeness (QED) is 0.400. The van der Waals surface area contributed by atoms with Crippen molar-refractivity contribution in [2.75, 3.05) is 0 Å². The second-order valence-corrected chi connectivity index (χ2v) is 7.42. The van der Waals surface area contributed by atoms with Crippen LogP contribution in [0.25, 0.3) is 22.9 Å². The van der Waals surface area contributed by atoms with Crippen molar-refractivity contribution >= 4 is 23.0 Å². The Bertz CT molecular complexity index is 1160. The van der Waals surface area contributed by atoms with Gasteiger partial charge in [-0.3, -0.25) is 0 Å². The van der Waals surface area contributed by atoms with Crippen molar-refractivity contribution in [1.82, 2.24) is 9.55 Å². The standard InChI is InChI=1S/C23H19N3OS/c1-16-11-19(17(2)26(16)14-21-9-6-10-27-21)12-20(13-24)23-25-22(15-28-23)18-7-4-3-5-8-18/h3-12,15H,14H2,1-2H3/b20-12+. The van der Waals surface area contributed by atoms with E-state index in [2.05, 4.69) is 35.5 Å². The van der Waals surface area contributed by atoms with Crippen LogP contribution in [-0.2, 0) is 6.54 Å². The highest BCUT2D eigenvalue weighted by atomic mass is 32.1. The normalized spacial score (nSPS) is 11.5. The fourth-order valence-electron chi connectivity index (χ4n) is 3.21. The Morgan fingerprint density at radius 1 is 1.21 bits per heavy atom. The molecule has 5 heteroatoms. The van der Waals surface area contributed by atoms with Gasteiger partial charge in [0.05, 0.1) is 24.1 Å². The molecule has 0 amide bonds. The summed E-state index contributed by atoms with van der Waals surface area (Å²) in [6.07, 6.45) is 3.61. The molecule has 0 spiro atoms. The van der Waals surface area contributed by atoms with Gasteiger partial charge in [0.25, 0.3) is 0 Å².